The lowest BCUT2D eigenvalue weighted by molar-refractivity contribution is 0.0732. The van der Waals surface area contributed by atoms with Crippen LogP contribution in [0.15, 0.2) is 71.9 Å². The Hall–Kier alpha value is -5.95. The molecule has 2 aliphatic heterocycles. The first-order chi connectivity index (χ1) is 27.5. The minimum Gasteiger partial charge on any atom is -0.381 e. The molecule has 1 aliphatic carbocycles. The molecule has 2 fully saturated rings. The first-order valence-corrected chi connectivity index (χ1v) is 19.7. The zero-order chi connectivity index (χ0) is 39.3. The number of aromatic nitrogens is 7. The van der Waals surface area contributed by atoms with Crippen molar-refractivity contribution < 1.29 is 18.3 Å². The van der Waals surface area contributed by atoms with Crippen LogP contribution in [0.1, 0.15) is 82.0 Å². The van der Waals surface area contributed by atoms with Gasteiger partial charge in [-0.1, -0.05) is 19.1 Å². The molecular weight excluding hydrogens is 727 g/mol. The summed E-state index contributed by atoms with van der Waals surface area (Å²) in [6.45, 7) is 7.69. The molecule has 0 radical (unpaired) electrons. The third kappa shape index (κ3) is 5.81. The van der Waals surface area contributed by atoms with Gasteiger partial charge in [0.2, 0.25) is 0 Å². The molecule has 1 saturated carbocycles. The van der Waals surface area contributed by atoms with Gasteiger partial charge in [-0.2, -0.15) is 10.2 Å². The van der Waals surface area contributed by atoms with Crippen LogP contribution < -0.4 is 5.69 Å². The monoisotopic (exact) mass is 768 g/mol. The molecular formula is C44H42F2N8O3. The lowest BCUT2D eigenvalue weighted by Gasteiger charge is -2.28. The molecule has 3 aliphatic rings. The predicted molar refractivity (Wildman–Crippen MR) is 212 cm³/mol. The second kappa shape index (κ2) is 13.3. The lowest BCUT2D eigenvalue weighted by Crippen LogP contribution is -2.37. The van der Waals surface area contributed by atoms with Crippen molar-refractivity contribution in [2.75, 3.05) is 19.8 Å². The summed E-state index contributed by atoms with van der Waals surface area (Å²) in [5.74, 6) is 0.469. The van der Waals surface area contributed by atoms with Crippen molar-refractivity contribution in [1.29, 1.82) is 0 Å². The molecule has 10 rings (SSSR count). The second-order valence-corrected chi connectivity index (χ2v) is 16.0. The Labute approximate surface area is 327 Å². The van der Waals surface area contributed by atoms with E-state index in [9.17, 15) is 14.0 Å². The number of carbonyl (C=O) groups is 1. The van der Waals surface area contributed by atoms with Crippen molar-refractivity contribution >= 4 is 27.7 Å². The highest BCUT2D eigenvalue weighted by atomic mass is 19.1. The number of hydrogen-bond donors (Lipinski definition) is 0. The summed E-state index contributed by atoms with van der Waals surface area (Å²) in [7, 11) is 1.73. The smallest absolute Gasteiger partial charge is 0.338 e. The average molecular weight is 769 g/mol. The molecule has 3 aromatic carbocycles. The predicted octanol–water partition coefficient (Wildman–Crippen LogP) is 7.36. The van der Waals surface area contributed by atoms with Gasteiger partial charge in [-0.25, -0.2) is 18.3 Å². The maximum Gasteiger partial charge on any atom is 0.338 e. The van der Waals surface area contributed by atoms with E-state index in [2.05, 4.69) is 30.2 Å². The number of hydrogen-bond acceptors (Lipinski definition) is 6. The number of halogens is 2. The number of ether oxygens (including phenoxy) is 1. The zero-order valence-corrected chi connectivity index (χ0v) is 32.3. The number of pyridine rings is 1. The van der Waals surface area contributed by atoms with Crippen LogP contribution in [-0.2, 0) is 24.8 Å². The largest absolute Gasteiger partial charge is 0.381 e. The highest BCUT2D eigenvalue weighted by molar-refractivity contribution is 5.99. The first-order valence-electron chi connectivity index (χ1n) is 19.7. The summed E-state index contributed by atoms with van der Waals surface area (Å²) in [4.78, 5) is 36.2. The Balaban J connectivity index is 1.07. The fraction of sp³-hybridized carbons (Fsp3) is 0.341. The van der Waals surface area contributed by atoms with E-state index in [-0.39, 0.29) is 29.9 Å². The first kappa shape index (κ1) is 35.5. The summed E-state index contributed by atoms with van der Waals surface area (Å²) in [6.07, 6.45) is 7.94. The molecule has 57 heavy (non-hydrogen) atoms. The number of aryl methyl sites for hydroxylation is 3. The molecule has 0 N–H and O–H groups in total. The van der Waals surface area contributed by atoms with E-state index in [0.717, 1.165) is 54.8 Å². The Morgan fingerprint density at radius 1 is 0.947 bits per heavy atom. The van der Waals surface area contributed by atoms with Gasteiger partial charge in [-0.15, -0.1) is 0 Å². The van der Waals surface area contributed by atoms with E-state index in [0.29, 0.717) is 69.5 Å². The molecule has 6 heterocycles. The van der Waals surface area contributed by atoms with E-state index in [1.165, 1.54) is 27.1 Å². The Morgan fingerprint density at radius 3 is 2.46 bits per heavy atom. The van der Waals surface area contributed by atoms with E-state index in [4.69, 9.17) is 14.8 Å². The minimum atomic E-state index is -0.567. The van der Waals surface area contributed by atoms with Crippen LogP contribution in [0.2, 0.25) is 0 Å². The van der Waals surface area contributed by atoms with Crippen molar-refractivity contribution in [3.8, 4) is 17.2 Å². The van der Waals surface area contributed by atoms with Gasteiger partial charge in [0.15, 0.2) is 5.82 Å². The fourth-order valence-corrected chi connectivity index (χ4v) is 8.91. The van der Waals surface area contributed by atoms with Gasteiger partial charge in [0, 0.05) is 62.5 Å². The maximum absolute atomic E-state index is 15.9. The van der Waals surface area contributed by atoms with Gasteiger partial charge in [0.05, 0.1) is 57.5 Å². The van der Waals surface area contributed by atoms with Gasteiger partial charge in [0.25, 0.3) is 5.91 Å². The Bertz CT molecular complexity index is 2820. The molecule has 0 spiro atoms. The quantitative estimate of drug-likeness (QED) is 0.175. The summed E-state index contributed by atoms with van der Waals surface area (Å²) in [5.41, 5.74) is 6.61. The number of rotatable bonds is 6. The molecule has 4 aromatic heterocycles. The van der Waals surface area contributed by atoms with E-state index in [1.807, 2.05) is 11.0 Å². The highest BCUT2D eigenvalue weighted by Crippen LogP contribution is 2.48. The molecule has 2 atom stereocenters. The SMILES string of the molecule is Cc1cc(-n2nc3c(c2-n2ccn(-c4ccc5c(cnn5C)c4F)c2=O)CN(C(=O)c2cc4ccc(C5CCOCC5)cc4nc2C2CC2C)CC3)cc(C)c1F. The normalized spacial score (nSPS) is 18.5. The van der Waals surface area contributed by atoms with E-state index < -0.39 is 11.5 Å². The minimum absolute atomic E-state index is 0.0787. The van der Waals surface area contributed by atoms with Gasteiger partial charge in [-0.3, -0.25) is 23.6 Å². The van der Waals surface area contributed by atoms with Crippen LogP contribution in [0.4, 0.5) is 8.78 Å². The van der Waals surface area contributed by atoms with Gasteiger partial charge >= 0.3 is 5.69 Å². The summed E-state index contributed by atoms with van der Waals surface area (Å²) >= 11 is 0. The summed E-state index contributed by atoms with van der Waals surface area (Å²) in [6, 6.07) is 15.1. The van der Waals surface area contributed by atoms with Gasteiger partial charge in [0.1, 0.15) is 11.6 Å². The van der Waals surface area contributed by atoms with Crippen molar-refractivity contribution in [3.63, 3.8) is 0 Å². The van der Waals surface area contributed by atoms with Crippen molar-refractivity contribution in [1.82, 2.24) is 38.6 Å². The number of imidazole rings is 1. The molecule has 290 valence electrons. The van der Waals surface area contributed by atoms with Crippen LogP contribution in [0.3, 0.4) is 0 Å². The van der Waals surface area contributed by atoms with E-state index >= 15 is 4.39 Å². The molecule has 2 unspecified atom stereocenters. The van der Waals surface area contributed by atoms with Crippen LogP contribution >= 0.6 is 0 Å². The third-order valence-electron chi connectivity index (χ3n) is 12.3. The standard InChI is InChI=1S/C44H42F2N8O3/c1-24-19-31(24)41-32(20-29-6-5-28(21-36(29)48-41)27-10-15-57-16-11-27)43(55)51-12-9-35-34(23-51)42(54(49-35)30-17-25(2)39(45)26(3)18-30)53-14-13-52(44(53)56)38-8-7-37-33(40(38)46)22-47-50(37)4/h5-8,13-14,17-18,20-22,24,27,31H,9-12,15-16,19,23H2,1-4H3. The highest BCUT2D eigenvalue weighted by Gasteiger charge is 2.40. The molecule has 1 saturated heterocycles. The molecule has 7 aromatic rings. The fourth-order valence-electron chi connectivity index (χ4n) is 8.91. The molecule has 11 nitrogen and oxygen atoms in total. The van der Waals surface area contributed by atoms with Gasteiger partial charge < -0.3 is 9.64 Å². The number of amides is 1. The van der Waals surface area contributed by atoms with Crippen molar-refractivity contribution in [3.05, 3.63) is 128 Å². The lowest BCUT2D eigenvalue weighted by atomic mass is 9.90. The summed E-state index contributed by atoms with van der Waals surface area (Å²) < 4.78 is 42.4. The number of nitrogens with zero attached hydrogens (tertiary/aromatic N) is 8. The molecule has 1 amide bonds. The molecule has 0 bridgehead atoms. The average Bonchev–Trinajstić information content (AvgIpc) is 3.46. The second-order valence-electron chi connectivity index (χ2n) is 16.0. The van der Waals surface area contributed by atoms with Crippen LogP contribution in [0.5, 0.6) is 0 Å². The molecule has 13 heteroatoms. The number of benzene rings is 3. The van der Waals surface area contributed by atoms with Crippen LogP contribution in [0, 0.1) is 31.4 Å². The summed E-state index contributed by atoms with van der Waals surface area (Å²) in [5, 5.41) is 10.4. The Morgan fingerprint density at radius 2 is 1.70 bits per heavy atom. The van der Waals surface area contributed by atoms with Gasteiger partial charge in [-0.05, 0) is 98.0 Å². The Kier molecular flexibility index (Phi) is 8.29. The van der Waals surface area contributed by atoms with Crippen LogP contribution in [0.25, 0.3) is 39.0 Å². The maximum atomic E-state index is 15.9. The van der Waals surface area contributed by atoms with Crippen LogP contribution in [-0.4, -0.2) is 64.2 Å². The van der Waals surface area contributed by atoms with Crippen molar-refractivity contribution in [2.45, 2.75) is 64.8 Å². The zero-order valence-electron chi connectivity index (χ0n) is 32.3. The van der Waals surface area contributed by atoms with E-state index in [1.54, 1.807) is 60.7 Å². The van der Waals surface area contributed by atoms with Crippen molar-refractivity contribution in [2.24, 2.45) is 13.0 Å². The topological polar surface area (TPSA) is 105 Å². The number of carbonyl (C=O) groups excluding carboxylic acids is 1. The third-order valence-corrected chi connectivity index (χ3v) is 12.3. The number of fused-ring (bicyclic) bond motifs is 3.